The van der Waals surface area contributed by atoms with Gasteiger partial charge in [0.15, 0.2) is 11.7 Å². The number of carbonyl (C=O) groups excluding carboxylic acids is 1. The molecule has 1 amide bonds. The Morgan fingerprint density at radius 2 is 1.90 bits per heavy atom. The van der Waals surface area contributed by atoms with E-state index in [-0.39, 0.29) is 17.6 Å². The Morgan fingerprint density at radius 3 is 2.55 bits per heavy atom. The minimum Gasteiger partial charge on any atom is -0.495 e. The zero-order valence-electron chi connectivity index (χ0n) is 16.7. The van der Waals surface area contributed by atoms with Crippen LogP contribution in [0.2, 0.25) is 0 Å². The number of ether oxygens (including phenoxy) is 2. The molecule has 0 radical (unpaired) electrons. The number of hydrogen-bond donors (Lipinski definition) is 3. The van der Waals surface area contributed by atoms with Crippen molar-refractivity contribution in [2.45, 2.75) is 26.7 Å². The first-order valence-electron chi connectivity index (χ1n) is 8.95. The summed E-state index contributed by atoms with van der Waals surface area (Å²) in [6, 6.07) is 10.7. The molecular weight excluding hydrogens is 392 g/mol. The van der Waals surface area contributed by atoms with E-state index in [1.165, 1.54) is 0 Å². The van der Waals surface area contributed by atoms with Crippen LogP contribution in [-0.2, 0) is 4.79 Å². The Balaban J connectivity index is 1.91. The number of nitroso groups, excluding NO2 is 1. The van der Waals surface area contributed by atoms with E-state index in [1.807, 2.05) is 26.0 Å². The summed E-state index contributed by atoms with van der Waals surface area (Å²) in [5.74, 6) is 0.843. The van der Waals surface area contributed by atoms with E-state index in [1.54, 1.807) is 38.3 Å². The van der Waals surface area contributed by atoms with E-state index in [4.69, 9.17) is 21.7 Å². The standard InChI is InChI=1S/C20H24N4O4S/c1-12(2)14-10-16(24-26)13(3)9-18(14)28-11-19(25)22-23-20(29)21-15-7-5-6-8-17(15)27-4/h5-10,12H,11H2,1-4H3,(H,22,25)(H2,21,23,29). The monoisotopic (exact) mass is 416 g/mol. The minimum atomic E-state index is -0.417. The summed E-state index contributed by atoms with van der Waals surface area (Å²) in [6.07, 6.45) is 0. The Bertz CT molecular complexity index is 902. The number of carbonyl (C=O) groups is 1. The number of aryl methyl sites for hydroxylation is 1. The molecule has 0 bridgehead atoms. The smallest absolute Gasteiger partial charge is 0.276 e. The lowest BCUT2D eigenvalue weighted by molar-refractivity contribution is -0.123. The highest BCUT2D eigenvalue weighted by molar-refractivity contribution is 7.80. The summed E-state index contributed by atoms with van der Waals surface area (Å²) in [5.41, 5.74) is 7.60. The first-order chi connectivity index (χ1) is 13.8. The molecule has 0 heterocycles. The number of amides is 1. The normalized spacial score (nSPS) is 10.2. The van der Waals surface area contributed by atoms with Crippen molar-refractivity contribution in [1.82, 2.24) is 10.9 Å². The lowest BCUT2D eigenvalue weighted by atomic mass is 9.99. The molecule has 2 aromatic rings. The van der Waals surface area contributed by atoms with Crippen molar-refractivity contribution in [3.8, 4) is 11.5 Å². The topological polar surface area (TPSA) is 101 Å². The largest absolute Gasteiger partial charge is 0.495 e. The van der Waals surface area contributed by atoms with E-state index in [0.717, 1.165) is 5.56 Å². The summed E-state index contributed by atoms with van der Waals surface area (Å²) < 4.78 is 10.9. The van der Waals surface area contributed by atoms with Gasteiger partial charge < -0.3 is 14.8 Å². The number of anilines is 1. The number of benzene rings is 2. The minimum absolute atomic E-state index is 0.102. The zero-order chi connectivity index (χ0) is 21.4. The molecule has 154 valence electrons. The van der Waals surface area contributed by atoms with Gasteiger partial charge in [-0.25, -0.2) is 0 Å². The second kappa shape index (κ2) is 10.4. The molecule has 0 aliphatic rings. The molecule has 0 unspecified atom stereocenters. The number of rotatable bonds is 7. The van der Waals surface area contributed by atoms with Crippen molar-refractivity contribution in [2.24, 2.45) is 5.18 Å². The maximum Gasteiger partial charge on any atom is 0.276 e. The molecule has 0 atom stereocenters. The van der Waals surface area contributed by atoms with Gasteiger partial charge in [0.05, 0.1) is 12.8 Å². The maximum absolute atomic E-state index is 12.1. The number of hydrazine groups is 1. The predicted molar refractivity (Wildman–Crippen MR) is 117 cm³/mol. The van der Waals surface area contributed by atoms with Gasteiger partial charge in [-0.1, -0.05) is 26.0 Å². The van der Waals surface area contributed by atoms with Crippen molar-refractivity contribution in [3.05, 3.63) is 52.4 Å². The van der Waals surface area contributed by atoms with Gasteiger partial charge in [-0.2, -0.15) is 0 Å². The van der Waals surface area contributed by atoms with E-state index in [0.29, 0.717) is 28.4 Å². The molecule has 0 fully saturated rings. The van der Waals surface area contributed by atoms with E-state index in [9.17, 15) is 9.70 Å². The van der Waals surface area contributed by atoms with Crippen LogP contribution in [0.1, 0.15) is 30.9 Å². The zero-order valence-corrected chi connectivity index (χ0v) is 17.6. The molecule has 0 spiro atoms. The van der Waals surface area contributed by atoms with Crippen LogP contribution in [0.4, 0.5) is 11.4 Å². The molecule has 2 aromatic carbocycles. The predicted octanol–water partition coefficient (Wildman–Crippen LogP) is 3.92. The van der Waals surface area contributed by atoms with Crippen LogP contribution in [0.3, 0.4) is 0 Å². The number of nitrogens with zero attached hydrogens (tertiary/aromatic N) is 1. The lowest BCUT2D eigenvalue weighted by Gasteiger charge is -2.16. The highest BCUT2D eigenvalue weighted by atomic mass is 32.1. The summed E-state index contributed by atoms with van der Waals surface area (Å²) >= 11 is 5.17. The molecule has 2 rings (SSSR count). The molecule has 0 saturated carbocycles. The highest BCUT2D eigenvalue weighted by Crippen LogP contribution is 2.33. The summed E-state index contributed by atoms with van der Waals surface area (Å²) in [7, 11) is 1.56. The number of nitrogens with one attached hydrogen (secondary N) is 3. The maximum atomic E-state index is 12.1. The molecule has 3 N–H and O–H groups in total. The number of hydrogen-bond acceptors (Lipinski definition) is 6. The molecule has 0 aliphatic heterocycles. The molecule has 8 nitrogen and oxygen atoms in total. The van der Waals surface area contributed by atoms with Gasteiger partial charge in [-0.05, 0) is 65.6 Å². The third-order valence-electron chi connectivity index (χ3n) is 4.08. The van der Waals surface area contributed by atoms with Crippen molar-refractivity contribution in [3.63, 3.8) is 0 Å². The Kier molecular flexibility index (Phi) is 7.90. The summed E-state index contributed by atoms with van der Waals surface area (Å²) in [5, 5.41) is 6.15. The SMILES string of the molecule is COc1ccccc1NC(=S)NNC(=O)COc1cc(C)c(N=O)cc1C(C)C. The fraction of sp³-hybridized carbons (Fsp3) is 0.300. The third-order valence-corrected chi connectivity index (χ3v) is 4.28. The first kappa shape index (κ1) is 22.1. The summed E-state index contributed by atoms with van der Waals surface area (Å²) in [4.78, 5) is 23.0. The van der Waals surface area contributed by atoms with E-state index in [2.05, 4.69) is 21.3 Å². The van der Waals surface area contributed by atoms with Gasteiger partial charge in [0.25, 0.3) is 5.91 Å². The van der Waals surface area contributed by atoms with Gasteiger partial charge in [0.2, 0.25) is 0 Å². The Hall–Kier alpha value is -3.20. The number of para-hydroxylation sites is 2. The van der Waals surface area contributed by atoms with Crippen LogP contribution in [0, 0.1) is 11.8 Å². The molecular formula is C20H24N4O4S. The number of methoxy groups -OCH3 is 1. The van der Waals surface area contributed by atoms with Crippen molar-refractivity contribution < 1.29 is 14.3 Å². The molecule has 29 heavy (non-hydrogen) atoms. The van der Waals surface area contributed by atoms with Crippen LogP contribution in [-0.4, -0.2) is 24.7 Å². The molecule has 0 saturated heterocycles. The Labute approximate surface area is 174 Å². The average molecular weight is 417 g/mol. The average Bonchev–Trinajstić information content (AvgIpc) is 2.70. The van der Waals surface area contributed by atoms with Gasteiger partial charge in [0.1, 0.15) is 17.2 Å². The van der Waals surface area contributed by atoms with Crippen LogP contribution in [0.15, 0.2) is 41.6 Å². The van der Waals surface area contributed by atoms with E-state index >= 15 is 0 Å². The quantitative estimate of drug-likeness (QED) is 0.357. The fourth-order valence-electron chi connectivity index (χ4n) is 2.57. The van der Waals surface area contributed by atoms with Crippen molar-refractivity contribution in [1.29, 1.82) is 0 Å². The van der Waals surface area contributed by atoms with Gasteiger partial charge in [-0.15, -0.1) is 4.91 Å². The highest BCUT2D eigenvalue weighted by Gasteiger charge is 2.14. The molecule has 9 heteroatoms. The van der Waals surface area contributed by atoms with Gasteiger partial charge >= 0.3 is 0 Å². The fourth-order valence-corrected chi connectivity index (χ4v) is 2.73. The second-order valence-electron chi connectivity index (χ2n) is 6.54. The number of thiocarbonyl (C=S) groups is 1. The van der Waals surface area contributed by atoms with Gasteiger partial charge in [-0.3, -0.25) is 15.6 Å². The van der Waals surface area contributed by atoms with Crippen LogP contribution < -0.4 is 25.6 Å². The van der Waals surface area contributed by atoms with Crippen molar-refractivity contribution >= 4 is 34.6 Å². The van der Waals surface area contributed by atoms with Gasteiger partial charge in [0, 0.05) is 0 Å². The van der Waals surface area contributed by atoms with E-state index < -0.39 is 5.91 Å². The lowest BCUT2D eigenvalue weighted by Crippen LogP contribution is -2.45. The Morgan fingerprint density at radius 1 is 1.17 bits per heavy atom. The van der Waals surface area contributed by atoms with Crippen LogP contribution in [0.25, 0.3) is 0 Å². The molecule has 0 aromatic heterocycles. The van der Waals surface area contributed by atoms with Crippen LogP contribution >= 0.6 is 12.2 Å². The van der Waals surface area contributed by atoms with Crippen molar-refractivity contribution in [2.75, 3.05) is 19.0 Å². The third kappa shape index (κ3) is 6.15. The molecule has 0 aliphatic carbocycles. The van der Waals surface area contributed by atoms with Crippen LogP contribution in [0.5, 0.6) is 11.5 Å². The summed E-state index contributed by atoms with van der Waals surface area (Å²) in [6.45, 7) is 5.47. The first-order valence-corrected chi connectivity index (χ1v) is 9.36. The second-order valence-corrected chi connectivity index (χ2v) is 6.95.